The molecule has 0 unspecified atom stereocenters. The molecule has 5 rings (SSSR count). The molecule has 0 saturated heterocycles. The average molecular weight is 536 g/mol. The number of nitrogens with one attached hydrogen (secondary N) is 2. The van der Waals surface area contributed by atoms with Crippen LogP contribution in [0, 0.1) is 12.8 Å². The number of hydrazone groups is 1. The highest BCUT2D eigenvalue weighted by atomic mass is 16.2. The molecule has 2 atom stereocenters. The van der Waals surface area contributed by atoms with Crippen LogP contribution in [0.1, 0.15) is 53.4 Å². The van der Waals surface area contributed by atoms with E-state index in [9.17, 15) is 14.4 Å². The van der Waals surface area contributed by atoms with E-state index in [1.165, 1.54) is 5.01 Å². The molecule has 1 aromatic heterocycles. The standard InChI is InChI=1S/C32H33N5O3/c1-20(2)18-26(33-30(38)23-10-6-5-7-11-23)32(40)37-28(25-19-36(4)27-13-9-8-12-24(25)27)31(39)34-29(35-37)22-16-14-21(3)15-17-22/h5-17,19-20,26,28H,18H2,1-4H3,(H,33,38)(H,34,35,39)/t26-,28-/m1/s1. The lowest BCUT2D eigenvalue weighted by molar-refractivity contribution is -0.143. The molecule has 4 aromatic rings. The lowest BCUT2D eigenvalue weighted by Gasteiger charge is -2.34. The number of hydrogen-bond donors (Lipinski definition) is 2. The van der Waals surface area contributed by atoms with Crippen LogP contribution in [0.3, 0.4) is 0 Å². The Morgan fingerprint density at radius 2 is 1.65 bits per heavy atom. The maximum Gasteiger partial charge on any atom is 0.266 e. The van der Waals surface area contributed by atoms with Gasteiger partial charge in [0.2, 0.25) is 0 Å². The van der Waals surface area contributed by atoms with Gasteiger partial charge in [0, 0.05) is 40.8 Å². The zero-order chi connectivity index (χ0) is 28.4. The molecule has 3 amide bonds. The monoisotopic (exact) mass is 535 g/mol. The molecule has 1 aliphatic heterocycles. The van der Waals surface area contributed by atoms with Crippen molar-refractivity contribution in [2.45, 2.75) is 39.3 Å². The van der Waals surface area contributed by atoms with Crippen molar-refractivity contribution in [2.75, 3.05) is 0 Å². The molecule has 1 aliphatic rings. The number of hydrogen-bond acceptors (Lipinski definition) is 4. The molecule has 40 heavy (non-hydrogen) atoms. The fourth-order valence-electron chi connectivity index (χ4n) is 5.05. The number of amides is 3. The highest BCUT2D eigenvalue weighted by Crippen LogP contribution is 2.33. The van der Waals surface area contributed by atoms with Gasteiger partial charge in [0.15, 0.2) is 11.9 Å². The third kappa shape index (κ3) is 5.38. The molecule has 2 N–H and O–H groups in total. The van der Waals surface area contributed by atoms with Gasteiger partial charge in [-0.25, -0.2) is 5.01 Å². The zero-order valence-electron chi connectivity index (χ0n) is 23.1. The SMILES string of the molecule is Cc1ccc(C2=NN(C(=O)[C@@H](CC(C)C)NC(=O)c3ccccc3)[C@H](c3cn(C)c4ccccc34)C(=O)N2)cc1. The highest BCUT2D eigenvalue weighted by molar-refractivity contribution is 6.13. The Labute approximate surface area is 233 Å². The molecule has 0 bridgehead atoms. The highest BCUT2D eigenvalue weighted by Gasteiger charge is 2.41. The summed E-state index contributed by atoms with van der Waals surface area (Å²) in [6, 6.07) is 22.2. The van der Waals surface area contributed by atoms with E-state index in [2.05, 4.69) is 10.6 Å². The van der Waals surface area contributed by atoms with Crippen molar-refractivity contribution >= 4 is 34.5 Å². The third-order valence-electron chi connectivity index (χ3n) is 7.06. The molecule has 0 fully saturated rings. The maximum absolute atomic E-state index is 14.3. The van der Waals surface area contributed by atoms with Gasteiger partial charge in [-0.3, -0.25) is 14.4 Å². The number of aromatic nitrogens is 1. The number of amidine groups is 1. The first-order valence-electron chi connectivity index (χ1n) is 13.4. The second kappa shape index (κ2) is 11.2. The van der Waals surface area contributed by atoms with Crippen LogP contribution in [0.4, 0.5) is 0 Å². The van der Waals surface area contributed by atoms with E-state index in [0.29, 0.717) is 23.1 Å². The summed E-state index contributed by atoms with van der Waals surface area (Å²) in [5.74, 6) is -0.790. The normalized spacial score (nSPS) is 16.0. The van der Waals surface area contributed by atoms with Crippen molar-refractivity contribution in [3.63, 3.8) is 0 Å². The Morgan fingerprint density at radius 1 is 0.975 bits per heavy atom. The van der Waals surface area contributed by atoms with Crippen LogP contribution in [0.2, 0.25) is 0 Å². The van der Waals surface area contributed by atoms with E-state index in [0.717, 1.165) is 16.5 Å². The molecule has 0 aliphatic carbocycles. The molecule has 0 saturated carbocycles. The molecule has 0 radical (unpaired) electrons. The predicted molar refractivity (Wildman–Crippen MR) is 156 cm³/mol. The van der Waals surface area contributed by atoms with E-state index in [-0.39, 0.29) is 23.6 Å². The van der Waals surface area contributed by atoms with Crippen LogP contribution in [0.5, 0.6) is 0 Å². The summed E-state index contributed by atoms with van der Waals surface area (Å²) < 4.78 is 1.93. The van der Waals surface area contributed by atoms with E-state index >= 15 is 0 Å². The lowest BCUT2D eigenvalue weighted by atomic mass is 9.99. The summed E-state index contributed by atoms with van der Waals surface area (Å²) in [6.07, 6.45) is 2.24. The van der Waals surface area contributed by atoms with Gasteiger partial charge in [-0.05, 0) is 37.5 Å². The topological polar surface area (TPSA) is 95.8 Å². The molecule has 3 aromatic carbocycles. The summed E-state index contributed by atoms with van der Waals surface area (Å²) >= 11 is 0. The molecule has 0 spiro atoms. The molecule has 2 heterocycles. The Morgan fingerprint density at radius 3 is 2.35 bits per heavy atom. The quantitative estimate of drug-likeness (QED) is 0.359. The van der Waals surface area contributed by atoms with Gasteiger partial charge in [0.25, 0.3) is 17.7 Å². The van der Waals surface area contributed by atoms with Gasteiger partial charge in [0.05, 0.1) is 0 Å². The van der Waals surface area contributed by atoms with Crippen LogP contribution in [-0.4, -0.2) is 39.2 Å². The Bertz CT molecular complexity index is 1590. The van der Waals surface area contributed by atoms with Crippen molar-refractivity contribution in [2.24, 2.45) is 18.1 Å². The largest absolute Gasteiger partial charge is 0.350 e. The molecular formula is C32H33N5O3. The van der Waals surface area contributed by atoms with Gasteiger partial charge in [0.1, 0.15) is 6.04 Å². The molecular weight excluding hydrogens is 502 g/mol. The Hall–Kier alpha value is -4.72. The third-order valence-corrected chi connectivity index (χ3v) is 7.06. The van der Waals surface area contributed by atoms with Gasteiger partial charge < -0.3 is 15.2 Å². The number of nitrogens with zero attached hydrogens (tertiary/aromatic N) is 3. The van der Waals surface area contributed by atoms with E-state index < -0.39 is 18.0 Å². The van der Waals surface area contributed by atoms with E-state index in [4.69, 9.17) is 5.10 Å². The number of para-hydroxylation sites is 1. The first kappa shape index (κ1) is 26.9. The molecule has 8 heteroatoms. The minimum atomic E-state index is -1.02. The first-order valence-corrected chi connectivity index (χ1v) is 13.4. The summed E-state index contributed by atoms with van der Waals surface area (Å²) in [5.41, 5.74) is 3.79. The van der Waals surface area contributed by atoms with Crippen LogP contribution in [0.15, 0.2) is 90.2 Å². The van der Waals surface area contributed by atoms with Crippen LogP contribution in [0.25, 0.3) is 10.9 Å². The Balaban J connectivity index is 1.60. The smallest absolute Gasteiger partial charge is 0.266 e. The van der Waals surface area contributed by atoms with Crippen molar-refractivity contribution < 1.29 is 14.4 Å². The van der Waals surface area contributed by atoms with Gasteiger partial charge in [-0.1, -0.05) is 80.1 Å². The second-order valence-corrected chi connectivity index (χ2v) is 10.6. The Kier molecular flexibility index (Phi) is 7.51. The van der Waals surface area contributed by atoms with E-state index in [1.54, 1.807) is 24.3 Å². The van der Waals surface area contributed by atoms with E-state index in [1.807, 2.05) is 93.2 Å². The summed E-state index contributed by atoms with van der Waals surface area (Å²) in [5, 5.41) is 12.7. The first-order chi connectivity index (χ1) is 19.2. The summed E-state index contributed by atoms with van der Waals surface area (Å²) in [4.78, 5) is 41.3. The minimum absolute atomic E-state index is 0.0974. The van der Waals surface area contributed by atoms with Crippen molar-refractivity contribution in [1.29, 1.82) is 0 Å². The van der Waals surface area contributed by atoms with Gasteiger partial charge in [-0.15, -0.1) is 0 Å². The number of aryl methyl sites for hydroxylation is 2. The minimum Gasteiger partial charge on any atom is -0.350 e. The van der Waals surface area contributed by atoms with Crippen molar-refractivity contribution in [3.05, 3.63) is 107 Å². The lowest BCUT2D eigenvalue weighted by Crippen LogP contribution is -2.55. The fourth-order valence-corrected chi connectivity index (χ4v) is 5.05. The molecule has 8 nitrogen and oxygen atoms in total. The molecule has 204 valence electrons. The van der Waals surface area contributed by atoms with Crippen molar-refractivity contribution in [1.82, 2.24) is 20.2 Å². The van der Waals surface area contributed by atoms with Crippen LogP contribution in [-0.2, 0) is 16.6 Å². The summed E-state index contributed by atoms with van der Waals surface area (Å²) in [6.45, 7) is 5.95. The van der Waals surface area contributed by atoms with Gasteiger partial charge >= 0.3 is 0 Å². The second-order valence-electron chi connectivity index (χ2n) is 10.6. The number of carbonyl (C=O) groups excluding carboxylic acids is 3. The fraction of sp³-hybridized carbons (Fsp3) is 0.250. The van der Waals surface area contributed by atoms with Crippen LogP contribution < -0.4 is 10.6 Å². The number of benzene rings is 3. The van der Waals surface area contributed by atoms with Crippen molar-refractivity contribution in [3.8, 4) is 0 Å². The van der Waals surface area contributed by atoms with Crippen LogP contribution >= 0.6 is 0 Å². The zero-order valence-corrected chi connectivity index (χ0v) is 23.1. The average Bonchev–Trinajstić information content (AvgIpc) is 3.28. The summed E-state index contributed by atoms with van der Waals surface area (Å²) in [7, 11) is 1.90. The number of carbonyl (C=O) groups is 3. The predicted octanol–water partition coefficient (Wildman–Crippen LogP) is 4.69. The van der Waals surface area contributed by atoms with Gasteiger partial charge in [-0.2, -0.15) is 5.10 Å². The maximum atomic E-state index is 14.3. The number of rotatable bonds is 7. The number of fused-ring (bicyclic) bond motifs is 1.